The minimum absolute atomic E-state index is 0.794. The molecular formula is C11H16ClN3. The number of nitrogens with one attached hydrogen (secondary N) is 2. The Morgan fingerprint density at radius 2 is 2.13 bits per heavy atom. The Bertz CT molecular complexity index is 336. The highest BCUT2D eigenvalue weighted by Gasteiger charge is 1.98. The van der Waals surface area contributed by atoms with Crippen LogP contribution in [0.25, 0.3) is 0 Å². The van der Waals surface area contributed by atoms with Crippen molar-refractivity contribution in [1.29, 1.82) is 0 Å². The molecule has 0 unspecified atom stereocenters. The Hall–Kier alpha value is -1.22. The number of guanidine groups is 1. The van der Waals surface area contributed by atoms with E-state index in [0.29, 0.717) is 0 Å². The second-order valence-corrected chi connectivity index (χ2v) is 3.50. The summed E-state index contributed by atoms with van der Waals surface area (Å²) < 4.78 is 0. The van der Waals surface area contributed by atoms with Crippen LogP contribution in [0.4, 0.5) is 0 Å². The van der Waals surface area contributed by atoms with Gasteiger partial charge >= 0.3 is 0 Å². The molecule has 1 aromatic rings. The summed E-state index contributed by atoms with van der Waals surface area (Å²) in [6.07, 6.45) is 0.889. The normalized spacial score (nSPS) is 11.3. The zero-order valence-corrected chi connectivity index (χ0v) is 9.80. The molecule has 0 saturated heterocycles. The first-order valence-electron chi connectivity index (χ1n) is 4.89. The molecule has 3 nitrogen and oxygen atoms in total. The summed E-state index contributed by atoms with van der Waals surface area (Å²) in [5, 5.41) is 6.95. The molecule has 15 heavy (non-hydrogen) atoms. The smallest absolute Gasteiger partial charge is 0.190 e. The Balaban J connectivity index is 2.41. The number of hydrogen-bond acceptors (Lipinski definition) is 1. The number of rotatable bonds is 3. The van der Waals surface area contributed by atoms with Gasteiger partial charge in [-0.3, -0.25) is 4.99 Å². The van der Waals surface area contributed by atoms with Crippen LogP contribution in [0.1, 0.15) is 5.56 Å². The Morgan fingerprint density at radius 1 is 1.40 bits per heavy atom. The maximum absolute atomic E-state index is 6.03. The third kappa shape index (κ3) is 3.80. The lowest BCUT2D eigenvalue weighted by Crippen LogP contribution is -2.35. The highest BCUT2D eigenvalue weighted by atomic mass is 35.5. The van der Waals surface area contributed by atoms with Gasteiger partial charge in [0.15, 0.2) is 5.96 Å². The van der Waals surface area contributed by atoms with Crippen LogP contribution in [0.2, 0.25) is 5.02 Å². The average molecular weight is 226 g/mol. The summed E-state index contributed by atoms with van der Waals surface area (Å²) >= 11 is 6.03. The lowest BCUT2D eigenvalue weighted by atomic mass is 10.1. The standard InChI is InChI=1S/C11H16ClN3/c1-13-11(14-2)15-8-7-9-5-3-4-6-10(9)12/h3-6H,7-8H2,1-2H3,(H2,13,14,15). The van der Waals surface area contributed by atoms with Gasteiger partial charge in [-0.1, -0.05) is 29.8 Å². The number of aliphatic imine (C=N–C) groups is 1. The molecule has 0 aliphatic heterocycles. The van der Waals surface area contributed by atoms with Crippen molar-refractivity contribution in [2.45, 2.75) is 6.42 Å². The number of nitrogens with zero attached hydrogens (tertiary/aromatic N) is 1. The first kappa shape index (κ1) is 11.9. The third-order valence-electron chi connectivity index (χ3n) is 2.11. The lowest BCUT2D eigenvalue weighted by molar-refractivity contribution is 0.834. The van der Waals surface area contributed by atoms with Crippen LogP contribution in [0.15, 0.2) is 29.3 Å². The van der Waals surface area contributed by atoms with E-state index in [1.165, 1.54) is 0 Å². The molecule has 0 radical (unpaired) electrons. The van der Waals surface area contributed by atoms with E-state index in [4.69, 9.17) is 11.6 Å². The molecule has 1 aromatic carbocycles. The fraction of sp³-hybridized carbons (Fsp3) is 0.364. The molecule has 0 fully saturated rings. The third-order valence-corrected chi connectivity index (χ3v) is 2.47. The predicted molar refractivity (Wildman–Crippen MR) is 65.6 cm³/mol. The number of halogens is 1. The van der Waals surface area contributed by atoms with Gasteiger partial charge < -0.3 is 10.6 Å². The first-order valence-corrected chi connectivity index (χ1v) is 5.27. The topological polar surface area (TPSA) is 36.4 Å². The molecule has 1 rings (SSSR count). The van der Waals surface area contributed by atoms with Gasteiger partial charge in [0, 0.05) is 25.7 Å². The van der Waals surface area contributed by atoms with Crippen LogP contribution in [0.3, 0.4) is 0 Å². The fourth-order valence-corrected chi connectivity index (χ4v) is 1.53. The van der Waals surface area contributed by atoms with Crippen LogP contribution in [0.5, 0.6) is 0 Å². The van der Waals surface area contributed by atoms with E-state index < -0.39 is 0 Å². The van der Waals surface area contributed by atoms with Crippen molar-refractivity contribution in [3.63, 3.8) is 0 Å². The lowest BCUT2D eigenvalue weighted by Gasteiger charge is -2.08. The summed E-state index contributed by atoms with van der Waals surface area (Å²) in [7, 11) is 3.58. The Kier molecular flexibility index (Phi) is 4.98. The van der Waals surface area contributed by atoms with Crippen molar-refractivity contribution in [3.8, 4) is 0 Å². The van der Waals surface area contributed by atoms with E-state index in [1.54, 1.807) is 7.05 Å². The fourth-order valence-electron chi connectivity index (χ4n) is 1.30. The average Bonchev–Trinajstić information content (AvgIpc) is 2.27. The highest BCUT2D eigenvalue weighted by molar-refractivity contribution is 6.31. The van der Waals surface area contributed by atoms with Crippen molar-refractivity contribution in [3.05, 3.63) is 34.9 Å². The summed E-state index contributed by atoms with van der Waals surface area (Å²) in [5.41, 5.74) is 1.15. The summed E-state index contributed by atoms with van der Waals surface area (Å²) in [6, 6.07) is 7.87. The second kappa shape index (κ2) is 6.30. The quantitative estimate of drug-likeness (QED) is 0.607. The molecule has 0 aliphatic rings. The molecule has 4 heteroatoms. The van der Waals surface area contributed by atoms with E-state index in [0.717, 1.165) is 29.5 Å². The zero-order chi connectivity index (χ0) is 11.1. The molecule has 0 aromatic heterocycles. The van der Waals surface area contributed by atoms with Gasteiger partial charge in [0.2, 0.25) is 0 Å². The molecule has 0 atom stereocenters. The van der Waals surface area contributed by atoms with Crippen LogP contribution in [-0.2, 0) is 6.42 Å². The van der Waals surface area contributed by atoms with Gasteiger partial charge in [-0.05, 0) is 18.1 Å². The number of benzene rings is 1. The van der Waals surface area contributed by atoms with E-state index in [9.17, 15) is 0 Å². The molecule has 0 saturated carbocycles. The molecule has 0 bridgehead atoms. The predicted octanol–water partition coefficient (Wildman–Crippen LogP) is 1.68. The van der Waals surface area contributed by atoms with Crippen molar-refractivity contribution in [1.82, 2.24) is 10.6 Å². The summed E-state index contributed by atoms with van der Waals surface area (Å²) in [4.78, 5) is 4.02. The van der Waals surface area contributed by atoms with Gasteiger partial charge in [0.05, 0.1) is 0 Å². The highest BCUT2D eigenvalue weighted by Crippen LogP contribution is 2.14. The van der Waals surface area contributed by atoms with Gasteiger partial charge in [0.1, 0.15) is 0 Å². The largest absolute Gasteiger partial charge is 0.359 e. The summed E-state index contributed by atoms with van der Waals surface area (Å²) in [5.74, 6) is 0.794. The monoisotopic (exact) mass is 225 g/mol. The van der Waals surface area contributed by atoms with E-state index in [2.05, 4.69) is 15.6 Å². The second-order valence-electron chi connectivity index (χ2n) is 3.09. The van der Waals surface area contributed by atoms with E-state index in [-0.39, 0.29) is 0 Å². The number of hydrogen-bond donors (Lipinski definition) is 2. The van der Waals surface area contributed by atoms with Gasteiger partial charge in [-0.15, -0.1) is 0 Å². The SMILES string of the molecule is CN=C(NC)NCCc1ccccc1Cl. The molecule has 2 N–H and O–H groups in total. The van der Waals surface area contributed by atoms with Crippen LogP contribution >= 0.6 is 11.6 Å². The minimum Gasteiger partial charge on any atom is -0.359 e. The van der Waals surface area contributed by atoms with Crippen LogP contribution in [0, 0.1) is 0 Å². The van der Waals surface area contributed by atoms with Gasteiger partial charge in [0.25, 0.3) is 0 Å². The molecule has 0 aliphatic carbocycles. The van der Waals surface area contributed by atoms with Gasteiger partial charge in [-0.25, -0.2) is 0 Å². The minimum atomic E-state index is 0.794. The van der Waals surface area contributed by atoms with E-state index in [1.807, 2.05) is 31.3 Å². The van der Waals surface area contributed by atoms with Crippen LogP contribution < -0.4 is 10.6 Å². The zero-order valence-electron chi connectivity index (χ0n) is 9.05. The first-order chi connectivity index (χ1) is 7.27. The Labute approximate surface area is 95.6 Å². The van der Waals surface area contributed by atoms with Crippen LogP contribution in [-0.4, -0.2) is 26.6 Å². The Morgan fingerprint density at radius 3 is 2.73 bits per heavy atom. The molecule has 0 spiro atoms. The van der Waals surface area contributed by atoms with Crippen molar-refractivity contribution < 1.29 is 0 Å². The van der Waals surface area contributed by atoms with Gasteiger partial charge in [-0.2, -0.15) is 0 Å². The molecule has 0 heterocycles. The van der Waals surface area contributed by atoms with Crippen molar-refractivity contribution in [2.75, 3.05) is 20.6 Å². The summed E-state index contributed by atoms with van der Waals surface area (Å²) in [6.45, 7) is 0.817. The molecule has 0 amide bonds. The van der Waals surface area contributed by atoms with Crippen molar-refractivity contribution in [2.24, 2.45) is 4.99 Å². The molecular weight excluding hydrogens is 210 g/mol. The van der Waals surface area contributed by atoms with E-state index >= 15 is 0 Å². The van der Waals surface area contributed by atoms with Crippen molar-refractivity contribution >= 4 is 17.6 Å². The maximum Gasteiger partial charge on any atom is 0.190 e. The molecule has 82 valence electrons. The maximum atomic E-state index is 6.03.